The largest absolute Gasteiger partial charge is 0.454 e. The molecule has 0 unspecified atom stereocenters. The van der Waals surface area contributed by atoms with Gasteiger partial charge in [-0.15, -0.1) is 11.3 Å². The second-order valence-corrected chi connectivity index (χ2v) is 7.40. The molecule has 0 N–H and O–H groups in total. The number of hydrogen-bond acceptors (Lipinski definition) is 6. The summed E-state index contributed by atoms with van der Waals surface area (Å²) in [5.41, 5.74) is 1.52. The highest BCUT2D eigenvalue weighted by Gasteiger charge is 2.23. The topological polar surface area (TPSA) is 73.7 Å². The Labute approximate surface area is 159 Å². The van der Waals surface area contributed by atoms with E-state index in [1.165, 1.54) is 22.2 Å². The van der Waals surface area contributed by atoms with Crippen molar-refractivity contribution in [3.63, 3.8) is 0 Å². The van der Waals surface area contributed by atoms with Crippen LogP contribution in [0.15, 0.2) is 29.3 Å². The van der Waals surface area contributed by atoms with Crippen molar-refractivity contribution in [2.24, 2.45) is 7.05 Å². The molecule has 0 saturated heterocycles. The van der Waals surface area contributed by atoms with Crippen molar-refractivity contribution in [2.45, 2.75) is 20.4 Å². The molecule has 0 atom stereocenters. The molecule has 2 aromatic heterocycles. The number of aromatic nitrogens is 2. The number of amides is 1. The van der Waals surface area contributed by atoms with Gasteiger partial charge in [0.15, 0.2) is 11.5 Å². The van der Waals surface area contributed by atoms with Crippen LogP contribution in [0.1, 0.15) is 27.7 Å². The maximum Gasteiger partial charge on any atom is 0.264 e. The quantitative estimate of drug-likeness (QED) is 0.690. The Morgan fingerprint density at radius 2 is 2.11 bits per heavy atom. The van der Waals surface area contributed by atoms with Crippen molar-refractivity contribution >= 4 is 27.5 Å². The fourth-order valence-electron chi connectivity index (χ4n) is 3.14. The summed E-state index contributed by atoms with van der Waals surface area (Å²) in [6, 6.07) is 5.68. The van der Waals surface area contributed by atoms with Crippen LogP contribution in [0.5, 0.6) is 11.5 Å². The number of carbonyl (C=O) groups is 1. The van der Waals surface area contributed by atoms with Gasteiger partial charge in [0.1, 0.15) is 4.83 Å². The third-order valence-electron chi connectivity index (χ3n) is 4.68. The van der Waals surface area contributed by atoms with Gasteiger partial charge in [0.25, 0.3) is 11.5 Å². The van der Waals surface area contributed by atoms with Gasteiger partial charge < -0.3 is 18.9 Å². The minimum Gasteiger partial charge on any atom is -0.454 e. The molecule has 8 heteroatoms. The zero-order valence-electron chi connectivity index (χ0n) is 15.3. The molecule has 27 heavy (non-hydrogen) atoms. The molecule has 1 aliphatic heterocycles. The van der Waals surface area contributed by atoms with Crippen LogP contribution >= 0.6 is 11.3 Å². The lowest BCUT2D eigenvalue weighted by Gasteiger charge is -2.21. The van der Waals surface area contributed by atoms with Gasteiger partial charge >= 0.3 is 0 Å². The highest BCUT2D eigenvalue weighted by atomic mass is 32.1. The van der Waals surface area contributed by atoms with E-state index in [4.69, 9.17) is 9.47 Å². The second kappa shape index (κ2) is 6.70. The van der Waals surface area contributed by atoms with Crippen LogP contribution in [-0.2, 0) is 13.6 Å². The van der Waals surface area contributed by atoms with E-state index >= 15 is 0 Å². The summed E-state index contributed by atoms with van der Waals surface area (Å²) in [6.07, 6.45) is 1.49. The van der Waals surface area contributed by atoms with Crippen LogP contribution in [0.25, 0.3) is 10.2 Å². The number of ether oxygens (including phenoxy) is 2. The molecule has 0 saturated carbocycles. The number of carbonyl (C=O) groups excluding carboxylic acids is 1. The molecule has 0 aliphatic carbocycles. The SMILES string of the molecule is CCN(Cc1ccc2c(c1)OCO2)C(=O)c1sc2ncn(C)c(=O)c2c1C. The zero-order valence-corrected chi connectivity index (χ0v) is 16.1. The molecule has 0 bridgehead atoms. The Balaban J connectivity index is 1.66. The number of hydrogen-bond donors (Lipinski definition) is 0. The van der Waals surface area contributed by atoms with Gasteiger partial charge in [-0.3, -0.25) is 9.59 Å². The Kier molecular flexibility index (Phi) is 4.35. The third kappa shape index (κ3) is 2.95. The lowest BCUT2D eigenvalue weighted by atomic mass is 10.1. The van der Waals surface area contributed by atoms with Crippen LogP contribution < -0.4 is 15.0 Å². The summed E-state index contributed by atoms with van der Waals surface area (Å²) in [5.74, 6) is 1.31. The van der Waals surface area contributed by atoms with Crippen molar-refractivity contribution in [3.05, 3.63) is 50.9 Å². The Bertz CT molecular complexity index is 1100. The molecule has 0 spiro atoms. The molecule has 4 rings (SSSR count). The van der Waals surface area contributed by atoms with Crippen LogP contribution in [0.4, 0.5) is 0 Å². The fraction of sp³-hybridized carbons (Fsp3) is 0.316. The zero-order chi connectivity index (χ0) is 19.1. The van der Waals surface area contributed by atoms with Crippen LogP contribution in [0.2, 0.25) is 0 Å². The molecular formula is C19H19N3O4S. The monoisotopic (exact) mass is 385 g/mol. The van der Waals surface area contributed by atoms with Crippen molar-refractivity contribution in [1.82, 2.24) is 14.5 Å². The molecule has 140 valence electrons. The van der Waals surface area contributed by atoms with Gasteiger partial charge in [0.2, 0.25) is 6.79 Å². The molecule has 0 radical (unpaired) electrons. The first-order valence-corrected chi connectivity index (χ1v) is 9.43. The third-order valence-corrected chi connectivity index (χ3v) is 5.87. The molecule has 7 nitrogen and oxygen atoms in total. The van der Waals surface area contributed by atoms with Crippen LogP contribution in [0, 0.1) is 6.92 Å². The van der Waals surface area contributed by atoms with E-state index in [1.54, 1.807) is 11.9 Å². The number of aryl methyl sites for hydroxylation is 2. The number of nitrogens with zero attached hydrogens (tertiary/aromatic N) is 3. The summed E-state index contributed by atoms with van der Waals surface area (Å²) >= 11 is 1.27. The maximum absolute atomic E-state index is 13.1. The predicted molar refractivity (Wildman–Crippen MR) is 103 cm³/mol. The van der Waals surface area contributed by atoms with Gasteiger partial charge in [0.05, 0.1) is 16.6 Å². The molecule has 3 aromatic rings. The lowest BCUT2D eigenvalue weighted by molar-refractivity contribution is 0.0756. The molecule has 3 heterocycles. The van der Waals surface area contributed by atoms with Crippen molar-refractivity contribution in [2.75, 3.05) is 13.3 Å². The van der Waals surface area contributed by atoms with Crippen LogP contribution in [-0.4, -0.2) is 33.7 Å². The second-order valence-electron chi connectivity index (χ2n) is 6.40. The van der Waals surface area contributed by atoms with Gasteiger partial charge in [-0.25, -0.2) is 4.98 Å². The number of fused-ring (bicyclic) bond motifs is 2. The first kappa shape index (κ1) is 17.5. The van der Waals surface area contributed by atoms with E-state index in [2.05, 4.69) is 4.98 Å². The highest BCUT2D eigenvalue weighted by Crippen LogP contribution is 2.33. The van der Waals surface area contributed by atoms with Crippen LogP contribution in [0.3, 0.4) is 0 Å². The number of rotatable bonds is 4. The summed E-state index contributed by atoms with van der Waals surface area (Å²) in [7, 11) is 1.66. The predicted octanol–water partition coefficient (Wildman–Crippen LogP) is 2.69. The summed E-state index contributed by atoms with van der Waals surface area (Å²) in [4.78, 5) is 32.7. The number of thiophene rings is 1. The Hall–Kier alpha value is -2.87. The number of benzene rings is 1. The fourth-order valence-corrected chi connectivity index (χ4v) is 4.25. The van der Waals surface area contributed by atoms with Crippen molar-refractivity contribution < 1.29 is 14.3 Å². The maximum atomic E-state index is 13.1. The van der Waals surface area contributed by atoms with E-state index < -0.39 is 0 Å². The van der Waals surface area contributed by atoms with Gasteiger partial charge in [-0.2, -0.15) is 0 Å². The van der Waals surface area contributed by atoms with E-state index in [0.717, 1.165) is 11.3 Å². The summed E-state index contributed by atoms with van der Waals surface area (Å²) in [5, 5.41) is 0.521. The van der Waals surface area contributed by atoms with Gasteiger partial charge in [-0.05, 0) is 37.1 Å². The van der Waals surface area contributed by atoms with Gasteiger partial charge in [-0.1, -0.05) is 6.07 Å². The van der Waals surface area contributed by atoms with E-state index in [-0.39, 0.29) is 18.3 Å². The smallest absolute Gasteiger partial charge is 0.264 e. The first-order chi connectivity index (χ1) is 13.0. The first-order valence-electron chi connectivity index (χ1n) is 8.62. The Morgan fingerprint density at radius 1 is 1.33 bits per heavy atom. The minimum atomic E-state index is -0.133. The Morgan fingerprint density at radius 3 is 2.89 bits per heavy atom. The van der Waals surface area contributed by atoms with Crippen molar-refractivity contribution in [1.29, 1.82) is 0 Å². The normalized spacial score (nSPS) is 12.6. The van der Waals surface area contributed by atoms with E-state index in [9.17, 15) is 9.59 Å². The molecule has 1 amide bonds. The average molecular weight is 385 g/mol. The van der Waals surface area contributed by atoms with E-state index in [0.29, 0.717) is 39.5 Å². The minimum absolute atomic E-state index is 0.0993. The van der Waals surface area contributed by atoms with E-state index in [1.807, 2.05) is 32.0 Å². The molecular weight excluding hydrogens is 366 g/mol. The molecule has 0 fully saturated rings. The average Bonchev–Trinajstić information content (AvgIpc) is 3.26. The summed E-state index contributed by atoms with van der Waals surface area (Å²) < 4.78 is 12.2. The molecule has 1 aromatic carbocycles. The lowest BCUT2D eigenvalue weighted by Crippen LogP contribution is -2.30. The standard InChI is InChI=1S/C19H19N3O4S/c1-4-22(8-12-5-6-13-14(7-12)26-10-25-13)19(24)16-11(2)15-17(27-16)20-9-21(3)18(15)23/h5-7,9H,4,8,10H2,1-3H3. The highest BCUT2D eigenvalue weighted by molar-refractivity contribution is 7.20. The van der Waals surface area contributed by atoms with Gasteiger partial charge in [0, 0.05) is 20.1 Å². The summed E-state index contributed by atoms with van der Waals surface area (Å²) in [6.45, 7) is 4.96. The van der Waals surface area contributed by atoms with Crippen molar-refractivity contribution in [3.8, 4) is 11.5 Å². The molecule has 1 aliphatic rings.